The van der Waals surface area contributed by atoms with E-state index >= 15 is 9.59 Å². The number of benzene rings is 2. The van der Waals surface area contributed by atoms with E-state index in [2.05, 4.69) is 64.8 Å². The van der Waals surface area contributed by atoms with Crippen molar-refractivity contribution in [3.63, 3.8) is 0 Å². The van der Waals surface area contributed by atoms with Crippen molar-refractivity contribution in [2.75, 3.05) is 50.8 Å². The summed E-state index contributed by atoms with van der Waals surface area (Å²) in [6.07, 6.45) is 12.0. The quantitative estimate of drug-likeness (QED) is 0.0193. The Hall–Kier alpha value is -9.76. The molecule has 0 radical (unpaired) electrons. The molecule has 3 fully saturated rings. The number of carbonyl (C=O) groups is 14. The second kappa shape index (κ2) is 47.4. The molecule has 38 heteroatoms. The van der Waals surface area contributed by atoms with Crippen LogP contribution in [0, 0.1) is 23.3 Å². The van der Waals surface area contributed by atoms with Gasteiger partial charge in [0.25, 0.3) is 0 Å². The summed E-state index contributed by atoms with van der Waals surface area (Å²) in [7, 11) is 0.470. The molecule has 0 bridgehead atoms. The lowest BCUT2D eigenvalue weighted by Crippen LogP contribution is -2.62. The summed E-state index contributed by atoms with van der Waals surface area (Å²) >= 11 is 0. The Kier molecular flexibility index (Phi) is 38.2. The van der Waals surface area contributed by atoms with Crippen molar-refractivity contribution in [1.82, 2.24) is 63.0 Å². The summed E-state index contributed by atoms with van der Waals surface area (Å²) in [4.78, 5) is 199. The minimum absolute atomic E-state index is 0.0327. The molecule has 116 heavy (non-hydrogen) atoms. The highest BCUT2D eigenvalue weighted by Gasteiger charge is 2.43. The highest BCUT2D eigenvalue weighted by Crippen LogP contribution is 2.37. The average Bonchev–Trinajstić information content (AvgIpc) is 0.960. The van der Waals surface area contributed by atoms with Gasteiger partial charge in [-0.05, 0) is 112 Å². The van der Waals surface area contributed by atoms with E-state index in [1.807, 2.05) is 0 Å². The number of phenols is 1. The summed E-state index contributed by atoms with van der Waals surface area (Å²) in [6, 6.07) is 0.773. The van der Waals surface area contributed by atoms with Crippen LogP contribution in [0.4, 0.5) is 0 Å². The summed E-state index contributed by atoms with van der Waals surface area (Å²) in [6.45, 7) is 9.58. The van der Waals surface area contributed by atoms with Crippen molar-refractivity contribution in [3.8, 4) is 5.75 Å². The van der Waals surface area contributed by atoms with Gasteiger partial charge in [-0.15, -0.1) is 0 Å². The van der Waals surface area contributed by atoms with Gasteiger partial charge in [-0.25, -0.2) is 5.53 Å². The van der Waals surface area contributed by atoms with Crippen LogP contribution in [0.2, 0.25) is 12.6 Å². The number of nitrogens with two attached hydrogens (primary N) is 4. The monoisotopic (exact) mass is 1670 g/mol. The first-order valence-corrected chi connectivity index (χ1v) is 44.8. The number of aromatic hydroxyl groups is 1. The Morgan fingerprint density at radius 3 is 2.11 bits per heavy atom. The third kappa shape index (κ3) is 29.1. The number of phenolic OH excluding ortho intramolecular Hbond substituents is 1. The van der Waals surface area contributed by atoms with Crippen LogP contribution in [0.1, 0.15) is 147 Å². The number of rotatable bonds is 36. The van der Waals surface area contributed by atoms with Crippen LogP contribution in [0.25, 0.3) is 5.70 Å². The van der Waals surface area contributed by atoms with Gasteiger partial charge in [-0.1, -0.05) is 129 Å². The van der Waals surface area contributed by atoms with Gasteiger partial charge in [0.1, 0.15) is 54.1 Å². The molecule has 7 rings (SSSR count). The number of likely N-dealkylation sites (tertiary alicyclic amines) is 1. The summed E-state index contributed by atoms with van der Waals surface area (Å²) in [5, 5.41) is 41.4. The zero-order chi connectivity index (χ0) is 84.5. The molecule has 14 atom stereocenters. The zero-order valence-corrected chi connectivity index (χ0v) is 69.4. The molecule has 2 aromatic carbocycles. The van der Waals surface area contributed by atoms with E-state index < -0.39 is 184 Å². The Labute approximate surface area is 685 Å². The van der Waals surface area contributed by atoms with Gasteiger partial charge in [0.05, 0.1) is 49.2 Å². The molecule has 3 aliphatic heterocycles. The highest BCUT2D eigenvalue weighted by molar-refractivity contribution is 8.76. The van der Waals surface area contributed by atoms with Crippen LogP contribution < -0.4 is 76.1 Å². The van der Waals surface area contributed by atoms with Crippen molar-refractivity contribution >= 4 is 119 Å². The van der Waals surface area contributed by atoms with Crippen molar-refractivity contribution in [1.29, 1.82) is 5.53 Å². The predicted molar refractivity (Wildman–Crippen MR) is 437 cm³/mol. The third-order valence-electron chi connectivity index (χ3n) is 20.8. The van der Waals surface area contributed by atoms with E-state index in [4.69, 9.17) is 37.6 Å². The molecule has 2 aliphatic carbocycles. The molecule has 5 aliphatic rings. The van der Waals surface area contributed by atoms with Crippen molar-refractivity contribution in [3.05, 3.63) is 95.2 Å². The Morgan fingerprint density at radius 1 is 0.724 bits per heavy atom. The molecule has 1 saturated carbocycles. The molecule has 0 aromatic heterocycles. The minimum atomic E-state index is -1.87. The largest absolute Gasteiger partial charge is 0.508 e. The normalized spacial score (nSPS) is 24.4. The smallest absolute Gasteiger partial charge is 0.246 e. The molecule has 3 heterocycles. The fourth-order valence-corrected chi connectivity index (χ4v) is 18.6. The number of carbonyl (C=O) groups excluding carboxylic acids is 14. The third-order valence-corrected chi connectivity index (χ3v) is 25.2. The highest BCUT2D eigenvalue weighted by atomic mass is 33.1. The van der Waals surface area contributed by atoms with E-state index in [0.29, 0.717) is 42.8 Å². The van der Waals surface area contributed by atoms with E-state index in [1.54, 1.807) is 81.2 Å². The number of hydrogen-bond acceptors (Lipinski definition) is 23. The van der Waals surface area contributed by atoms with Gasteiger partial charge in [-0.2, -0.15) is 5.11 Å². The van der Waals surface area contributed by atoms with E-state index in [0.717, 1.165) is 66.2 Å². The van der Waals surface area contributed by atoms with Crippen LogP contribution in [0.3, 0.4) is 0 Å². The Bertz CT molecular complexity index is 3890. The fourth-order valence-electron chi connectivity index (χ4n) is 14.4. The van der Waals surface area contributed by atoms with E-state index in [9.17, 15) is 62.6 Å². The number of amides is 14. The molecule has 2 aromatic rings. The molecule has 14 amide bonds. The molecule has 636 valence electrons. The number of nitrogens with zero attached hydrogens (tertiary/aromatic N) is 3. The molecule has 0 spiro atoms. The minimum Gasteiger partial charge on any atom is -0.508 e. The van der Waals surface area contributed by atoms with E-state index in [1.165, 1.54) is 29.2 Å². The van der Waals surface area contributed by atoms with Crippen LogP contribution in [-0.4, -0.2) is 224 Å². The zero-order valence-electron chi connectivity index (χ0n) is 66.6. The first-order valence-electron chi connectivity index (χ1n) is 39.9. The molecule has 11 unspecified atom stereocenters. The van der Waals surface area contributed by atoms with Crippen molar-refractivity contribution in [2.45, 2.75) is 223 Å². The maximum Gasteiger partial charge on any atom is 0.246 e. The number of ether oxygens (including phenoxy) is 1. The number of fused-ring (bicyclic) bond motifs is 2. The lowest BCUT2D eigenvalue weighted by Gasteiger charge is -2.38. The maximum absolute atomic E-state index is 15.3. The lowest BCUT2D eigenvalue weighted by molar-refractivity contribution is -0.142. The lowest BCUT2D eigenvalue weighted by atomic mass is 9.85. The molecular formula is C78H116N18O17S2Si. The van der Waals surface area contributed by atoms with Gasteiger partial charge in [0.2, 0.25) is 82.7 Å². The van der Waals surface area contributed by atoms with Crippen LogP contribution in [0.15, 0.2) is 83.6 Å². The molecular weight excluding hydrogens is 1550 g/mol. The van der Waals surface area contributed by atoms with Gasteiger partial charge >= 0.3 is 0 Å². The van der Waals surface area contributed by atoms with Crippen LogP contribution >= 0.6 is 21.6 Å². The van der Waals surface area contributed by atoms with E-state index in [-0.39, 0.29) is 111 Å². The summed E-state index contributed by atoms with van der Waals surface area (Å²) < 4.78 is 12.8. The van der Waals surface area contributed by atoms with Gasteiger partial charge in [0, 0.05) is 74.9 Å². The van der Waals surface area contributed by atoms with Crippen molar-refractivity contribution in [2.24, 2.45) is 45.8 Å². The Morgan fingerprint density at radius 2 is 1.41 bits per heavy atom. The average molecular weight is 1670 g/mol. The molecule has 2 saturated heterocycles. The topological polar surface area (TPSA) is 545 Å². The summed E-state index contributed by atoms with van der Waals surface area (Å²) in [5.74, 6) is -14.2. The predicted octanol–water partition coefficient (Wildman–Crippen LogP) is 0.715. The second-order valence-electron chi connectivity index (χ2n) is 30.3. The molecule has 20 N–H and O–H groups in total. The van der Waals surface area contributed by atoms with Crippen molar-refractivity contribution < 1.29 is 81.4 Å². The Balaban J connectivity index is 1.16. The standard InChI is InChI=1S/C78H116N18O17S2Si/c1-6-46(4)68-77(110)88-52(28-29-62(80)98)72(105)90-55(39-63(81)99)73(106)92-57(78(111)95-34-15-21-59(95)76(109)91-53(37-45(2)3)71(104)86-40-64(82)100)44-115-114-43-56(75(108)89-54(74(107)93-68)38-47-24-26-49(97)27-25-47)87-66(102)41-85-69-50-18-8-7-17-48(50)42-96(58-20-10-9-19-51(58)70(69)94-83)67(103)31-30-65(101)84-33-13-14-35-112-60-22-11-12-23-61(60)113-116(5)36-16-32-79/h7-10,17-20,24-27,45-46,51-61,68,83,85,97,116H,6,11-16,21-23,28-44,79H2,1-5H3,(H2,80,98)(H2,81,99)(H2,82,100)(H,84,101)(H,86,104)(H,87,102)(H,88,110)(H,89,108)(H,90,105)(H,91,109)(H,92,106)(H,93,107)/b70-69-,94-83?/t46?,51?,52-,53?,54-,55-,56?,57?,58?,59?,60?,61?,68?,116?/m0/s1. The van der Waals surface area contributed by atoms with Crippen LogP contribution in [-0.2, 0) is 89.3 Å². The van der Waals surface area contributed by atoms with Crippen LogP contribution in [0.5, 0.6) is 5.75 Å². The summed E-state index contributed by atoms with van der Waals surface area (Å²) in [5.41, 5.74) is 32.8. The first-order chi connectivity index (χ1) is 55.5. The number of unbranched alkanes of at least 4 members (excludes halogenated alkanes) is 1. The van der Waals surface area contributed by atoms with Gasteiger partial charge in [0.15, 0.2) is 9.04 Å². The number of primary amides is 3. The number of hydrogen-bond donors (Lipinski definition) is 16. The molecule has 35 nitrogen and oxygen atoms in total. The number of allylic oxidation sites excluding steroid dienone is 2. The van der Waals surface area contributed by atoms with Gasteiger partial charge < -0.3 is 100 Å². The first kappa shape index (κ1) is 93.4. The fraction of sp³-hybridized carbons (Fsp3) is 0.590. The number of nitrogens with one attached hydrogen (secondary N) is 11. The maximum atomic E-state index is 15.3. The SMILES string of the molecule is CCC(C)C1NC(=O)[C@H](Cc2ccc(O)cc2)NC(=O)C(NC(=O)CN/C2=C(\N=N)C3C=CC=CC3N(C(=O)CCC(=O)NCCCCOC3CCCCC3O[SiH](C)CCCN)Cc3ccccc32)CSSCC(C(=O)N2CCCC2C(=O)NC(CC(C)C)C(=O)NCC(N)=O)NC(=O)[C@H](CC(N)=O)NC(=O)[C@H](CCC(N)=O)NC1=O. The second-order valence-corrected chi connectivity index (χ2v) is 35.3. The van der Waals surface area contributed by atoms with Gasteiger partial charge in [-0.3, -0.25) is 67.1 Å².